The molecule has 61 heavy (non-hydrogen) atoms. The van der Waals surface area contributed by atoms with Gasteiger partial charge < -0.3 is 30.6 Å². The quantitative estimate of drug-likeness (QED) is 0.0578. The predicted molar refractivity (Wildman–Crippen MR) is 250 cm³/mol. The molecule has 2 heterocycles. The van der Waals surface area contributed by atoms with Gasteiger partial charge in [0.2, 0.25) is 23.6 Å². The largest absolute Gasteiger partial charge is 0.396 e. The van der Waals surface area contributed by atoms with Crippen molar-refractivity contribution in [3.63, 3.8) is 0 Å². The normalized spacial score (nSPS) is 16.7. The van der Waals surface area contributed by atoms with Gasteiger partial charge in [0.1, 0.15) is 0 Å². The van der Waals surface area contributed by atoms with E-state index in [4.69, 9.17) is 23.2 Å². The molecule has 4 N–H and O–H groups in total. The third-order valence-electron chi connectivity index (χ3n) is 10.7. The van der Waals surface area contributed by atoms with Gasteiger partial charge in [0.25, 0.3) is 0 Å². The van der Waals surface area contributed by atoms with Gasteiger partial charge in [-0.25, -0.2) is 0 Å². The SMILES string of the molecule is O=C(/C=C/c1ccc(Sc2ccc(/C=C/C(=O)NCCCN3CCC(CO)C3=O)c(-c3ccccc3Br)c2Cl)c(Cl)c1-c1ccccc1Br)NCCCN1CCC(CO)C1=O. The van der Waals surface area contributed by atoms with Gasteiger partial charge in [-0.2, -0.15) is 0 Å². The highest BCUT2D eigenvalue weighted by Crippen LogP contribution is 2.48. The van der Waals surface area contributed by atoms with Crippen molar-refractivity contribution in [1.82, 2.24) is 20.4 Å². The number of likely N-dealkylation sites (tertiary alicyclic amines) is 2. The van der Waals surface area contributed by atoms with Crippen LogP contribution in [0.4, 0.5) is 0 Å². The summed E-state index contributed by atoms with van der Waals surface area (Å²) >= 11 is 23.3. The average molecular weight is 1010 g/mol. The maximum Gasteiger partial charge on any atom is 0.244 e. The molecule has 2 saturated heterocycles. The molecule has 4 aromatic rings. The Labute approximate surface area is 387 Å². The van der Waals surface area contributed by atoms with Crippen molar-refractivity contribution in [2.24, 2.45) is 11.8 Å². The van der Waals surface area contributed by atoms with Crippen LogP contribution in [0.3, 0.4) is 0 Å². The van der Waals surface area contributed by atoms with Crippen molar-refractivity contribution >= 4 is 103 Å². The first-order chi connectivity index (χ1) is 29.5. The Bertz CT molecular complexity index is 2170. The van der Waals surface area contributed by atoms with E-state index >= 15 is 0 Å². The van der Waals surface area contributed by atoms with Crippen molar-refractivity contribution in [1.29, 1.82) is 0 Å². The Hall–Kier alpha value is -3.95. The Kier molecular flexibility index (Phi) is 17.1. The van der Waals surface area contributed by atoms with Gasteiger partial charge in [-0.3, -0.25) is 19.2 Å². The summed E-state index contributed by atoms with van der Waals surface area (Å²) in [4.78, 5) is 55.4. The molecule has 6 rings (SSSR count). The van der Waals surface area contributed by atoms with E-state index in [1.165, 1.54) is 23.9 Å². The molecule has 4 aromatic carbocycles. The number of benzene rings is 4. The lowest BCUT2D eigenvalue weighted by molar-refractivity contribution is -0.132. The molecule has 0 saturated carbocycles. The van der Waals surface area contributed by atoms with Crippen LogP contribution in [0.5, 0.6) is 0 Å². The number of hydrogen-bond donors (Lipinski definition) is 4. The first-order valence-corrected chi connectivity index (χ1v) is 23.2. The van der Waals surface area contributed by atoms with Crippen LogP contribution in [0, 0.1) is 11.8 Å². The number of halogens is 4. The molecule has 2 fully saturated rings. The van der Waals surface area contributed by atoms with Gasteiger partial charge in [-0.15, -0.1) is 0 Å². The second-order valence-corrected chi connectivity index (χ2v) is 18.2. The number of aliphatic hydroxyl groups excluding tert-OH is 2. The summed E-state index contributed by atoms with van der Waals surface area (Å²) in [6, 6.07) is 23.1. The van der Waals surface area contributed by atoms with E-state index in [9.17, 15) is 29.4 Å². The fourth-order valence-corrected chi connectivity index (χ4v) is 10.0. The molecule has 0 spiro atoms. The summed E-state index contributed by atoms with van der Waals surface area (Å²) in [5.74, 6) is -1.28. The topological polar surface area (TPSA) is 139 Å². The van der Waals surface area contributed by atoms with E-state index in [1.54, 1.807) is 22.0 Å². The van der Waals surface area contributed by atoms with E-state index in [0.29, 0.717) is 75.0 Å². The van der Waals surface area contributed by atoms with E-state index < -0.39 is 0 Å². The lowest BCUT2D eigenvalue weighted by Gasteiger charge is -2.17. The molecule has 0 aromatic heterocycles. The zero-order chi connectivity index (χ0) is 43.5. The van der Waals surface area contributed by atoms with E-state index in [2.05, 4.69) is 42.5 Å². The van der Waals surface area contributed by atoms with Crippen LogP contribution in [0.15, 0.2) is 104 Å². The van der Waals surface area contributed by atoms with Gasteiger partial charge in [0, 0.05) is 81.3 Å². The lowest BCUT2D eigenvalue weighted by Crippen LogP contribution is -2.32. The monoisotopic (exact) mass is 1010 g/mol. The highest BCUT2D eigenvalue weighted by atomic mass is 79.9. The molecule has 320 valence electrons. The minimum Gasteiger partial charge on any atom is -0.396 e. The summed E-state index contributed by atoms with van der Waals surface area (Å²) < 4.78 is 1.65. The molecule has 0 radical (unpaired) electrons. The van der Waals surface area contributed by atoms with Gasteiger partial charge in [-0.05, 0) is 84.4 Å². The summed E-state index contributed by atoms with van der Waals surface area (Å²) in [7, 11) is 0. The number of aliphatic hydroxyl groups is 2. The fraction of sp³-hybridized carbons (Fsp3) is 0.304. The molecule has 15 heteroatoms. The zero-order valence-corrected chi connectivity index (χ0v) is 38.7. The summed E-state index contributed by atoms with van der Waals surface area (Å²) in [6.07, 6.45) is 8.90. The number of amides is 4. The van der Waals surface area contributed by atoms with Gasteiger partial charge in [0.05, 0.1) is 35.1 Å². The number of carbonyl (C=O) groups excluding carboxylic acids is 4. The Morgan fingerprint density at radius 2 is 1.08 bits per heavy atom. The van der Waals surface area contributed by atoms with E-state index in [0.717, 1.165) is 52.1 Å². The molecule has 0 bridgehead atoms. The summed E-state index contributed by atoms with van der Waals surface area (Å²) in [6.45, 7) is 2.78. The second-order valence-electron chi connectivity index (χ2n) is 14.7. The van der Waals surface area contributed by atoms with E-state index in [-0.39, 0.29) is 48.7 Å². The van der Waals surface area contributed by atoms with Crippen LogP contribution in [-0.4, -0.2) is 96.1 Å². The highest BCUT2D eigenvalue weighted by molar-refractivity contribution is 9.11. The Morgan fingerprint density at radius 1 is 0.672 bits per heavy atom. The van der Waals surface area contributed by atoms with Crippen LogP contribution in [0.1, 0.15) is 36.8 Å². The van der Waals surface area contributed by atoms with Crippen molar-refractivity contribution in [2.75, 3.05) is 52.5 Å². The molecular formula is C46H46Br2Cl2N4O6S. The molecule has 0 aliphatic carbocycles. The third-order valence-corrected chi connectivity index (χ3v) is 14.2. The minimum atomic E-state index is -0.325. The molecule has 2 atom stereocenters. The van der Waals surface area contributed by atoms with E-state index in [1.807, 2.05) is 72.8 Å². The zero-order valence-electron chi connectivity index (χ0n) is 33.2. The number of hydrogen-bond acceptors (Lipinski definition) is 7. The maximum atomic E-state index is 12.9. The molecule has 2 aliphatic rings. The van der Waals surface area contributed by atoms with Crippen molar-refractivity contribution < 1.29 is 29.4 Å². The van der Waals surface area contributed by atoms with Crippen LogP contribution in [-0.2, 0) is 19.2 Å². The lowest BCUT2D eigenvalue weighted by atomic mass is 9.99. The molecule has 2 unspecified atom stereocenters. The average Bonchev–Trinajstić information content (AvgIpc) is 3.81. The smallest absolute Gasteiger partial charge is 0.244 e. The predicted octanol–water partition coefficient (Wildman–Crippen LogP) is 8.72. The standard InChI is InChI=1S/C46H46Br2Cl2N4O6S/c47-35-9-3-1-7-33(35)41-29(13-17-39(57)51-21-5-23-53-25-19-31(27-55)45(53)59)11-15-37(43(41)49)61-38-16-12-30(42(44(38)50)34-8-2-4-10-36(34)48)14-18-40(58)52-22-6-24-54-26-20-32(28-56)46(54)60/h1-4,7-18,31-32,55-56H,5-6,19-28H2,(H,51,57)(H,52,58)/b17-13+,18-14+. The molecular weight excluding hydrogens is 967 g/mol. The summed E-state index contributed by atoms with van der Waals surface area (Å²) in [5.41, 5.74) is 4.59. The van der Waals surface area contributed by atoms with Crippen LogP contribution >= 0.6 is 66.8 Å². The number of carbonyl (C=O) groups is 4. The third kappa shape index (κ3) is 11.7. The molecule has 2 aliphatic heterocycles. The first kappa shape index (κ1) is 46.6. The Morgan fingerprint density at radius 3 is 1.46 bits per heavy atom. The van der Waals surface area contributed by atoms with Crippen molar-refractivity contribution in [3.8, 4) is 22.3 Å². The Balaban J connectivity index is 1.19. The summed E-state index contributed by atoms with van der Waals surface area (Å²) in [5, 5.41) is 25.5. The van der Waals surface area contributed by atoms with Crippen LogP contribution in [0.25, 0.3) is 34.4 Å². The van der Waals surface area contributed by atoms with Crippen molar-refractivity contribution in [3.05, 3.63) is 115 Å². The van der Waals surface area contributed by atoms with Crippen molar-refractivity contribution in [2.45, 2.75) is 35.5 Å². The first-order valence-electron chi connectivity index (χ1n) is 20.0. The maximum absolute atomic E-state index is 12.9. The number of nitrogens with one attached hydrogen (secondary N) is 2. The van der Waals surface area contributed by atoms with Crippen LogP contribution < -0.4 is 10.6 Å². The number of rotatable bonds is 18. The molecule has 10 nitrogen and oxygen atoms in total. The fourth-order valence-electron chi connectivity index (χ4n) is 7.37. The second kappa shape index (κ2) is 22.4. The van der Waals surface area contributed by atoms with Gasteiger partial charge in [0.15, 0.2) is 0 Å². The van der Waals surface area contributed by atoms with Crippen LogP contribution in [0.2, 0.25) is 10.0 Å². The molecule has 4 amide bonds. The minimum absolute atomic E-state index is 0.0366. The number of nitrogens with zero attached hydrogens (tertiary/aromatic N) is 2. The van der Waals surface area contributed by atoms with Gasteiger partial charge in [-0.1, -0.05) is 115 Å². The highest BCUT2D eigenvalue weighted by Gasteiger charge is 2.31. The van der Waals surface area contributed by atoms with Gasteiger partial charge >= 0.3 is 0 Å².